The molecule has 0 amide bonds. The van der Waals surface area contributed by atoms with Gasteiger partial charge in [0, 0.05) is 5.92 Å². The van der Waals surface area contributed by atoms with Gasteiger partial charge in [-0.05, 0) is 13.3 Å². The number of nitrogens with one attached hydrogen (secondary N) is 1. The van der Waals surface area contributed by atoms with Gasteiger partial charge < -0.3 is 20.2 Å². The Balaban J connectivity index is 2.39. The second-order valence-corrected chi connectivity index (χ2v) is 4.07. The number of aryl methyl sites for hydroxylation is 1. The van der Waals surface area contributed by atoms with Crippen molar-refractivity contribution in [3.63, 3.8) is 0 Å². The van der Waals surface area contributed by atoms with Crippen molar-refractivity contribution < 1.29 is 9.47 Å². The van der Waals surface area contributed by atoms with Crippen LogP contribution in [0.3, 0.4) is 0 Å². The summed E-state index contributed by atoms with van der Waals surface area (Å²) >= 11 is 0. The van der Waals surface area contributed by atoms with Crippen molar-refractivity contribution in [2.45, 2.75) is 32.5 Å². The number of anilines is 1. The molecule has 1 fully saturated rings. The minimum Gasteiger partial charge on any atom is -0.383 e. The predicted octanol–water partition coefficient (Wildman–Crippen LogP) is 0.527. The van der Waals surface area contributed by atoms with Crippen LogP contribution in [0.5, 0.6) is 0 Å². The van der Waals surface area contributed by atoms with E-state index in [-0.39, 0.29) is 17.3 Å². The summed E-state index contributed by atoms with van der Waals surface area (Å²) in [4.78, 5) is 18.7. The lowest BCUT2D eigenvalue weighted by molar-refractivity contribution is -0.0619. The molecule has 17 heavy (non-hydrogen) atoms. The van der Waals surface area contributed by atoms with E-state index in [2.05, 4.69) is 9.97 Å². The molecule has 2 rings (SSSR count). The van der Waals surface area contributed by atoms with Crippen LogP contribution in [0.1, 0.15) is 30.7 Å². The highest BCUT2D eigenvalue weighted by atomic mass is 16.7. The van der Waals surface area contributed by atoms with E-state index < -0.39 is 6.29 Å². The van der Waals surface area contributed by atoms with Gasteiger partial charge in [0.15, 0.2) is 6.29 Å². The van der Waals surface area contributed by atoms with Crippen LogP contribution in [-0.4, -0.2) is 29.5 Å². The lowest BCUT2D eigenvalue weighted by Gasteiger charge is -2.21. The third-order valence-electron chi connectivity index (χ3n) is 2.89. The fourth-order valence-electron chi connectivity index (χ4n) is 2.12. The normalized spacial score (nSPS) is 18.5. The Hall–Kier alpha value is -1.40. The van der Waals surface area contributed by atoms with Gasteiger partial charge in [0.25, 0.3) is 5.56 Å². The molecule has 0 bridgehead atoms. The van der Waals surface area contributed by atoms with Crippen molar-refractivity contribution in [1.82, 2.24) is 9.97 Å². The predicted molar refractivity (Wildman–Crippen MR) is 62.7 cm³/mol. The van der Waals surface area contributed by atoms with E-state index in [1.54, 1.807) is 6.92 Å². The van der Waals surface area contributed by atoms with Crippen LogP contribution in [0.4, 0.5) is 5.82 Å². The minimum absolute atomic E-state index is 0.172. The summed E-state index contributed by atoms with van der Waals surface area (Å²) in [5.41, 5.74) is 6.08. The van der Waals surface area contributed by atoms with Crippen molar-refractivity contribution in [3.8, 4) is 0 Å². The summed E-state index contributed by atoms with van der Waals surface area (Å²) in [5.74, 6) is 0.603. The minimum atomic E-state index is -0.395. The highest BCUT2D eigenvalue weighted by Crippen LogP contribution is 2.28. The number of rotatable bonds is 3. The first-order valence-electron chi connectivity index (χ1n) is 5.73. The van der Waals surface area contributed by atoms with E-state index in [1.165, 1.54) is 0 Å². The van der Waals surface area contributed by atoms with Crippen molar-refractivity contribution in [2.24, 2.45) is 0 Å². The van der Waals surface area contributed by atoms with Gasteiger partial charge in [0.05, 0.1) is 18.8 Å². The molecule has 3 N–H and O–H groups in total. The molecule has 6 nitrogen and oxygen atoms in total. The topological polar surface area (TPSA) is 90.2 Å². The fraction of sp³-hybridized carbons (Fsp3) is 0.636. The highest BCUT2D eigenvalue weighted by Gasteiger charge is 2.30. The van der Waals surface area contributed by atoms with Crippen molar-refractivity contribution in [2.75, 3.05) is 18.9 Å². The molecule has 1 atom stereocenters. The third-order valence-corrected chi connectivity index (χ3v) is 2.89. The number of aromatic nitrogens is 2. The van der Waals surface area contributed by atoms with Crippen LogP contribution in [0, 0.1) is 6.92 Å². The third kappa shape index (κ3) is 2.32. The Labute approximate surface area is 99.1 Å². The maximum absolute atomic E-state index is 11.9. The van der Waals surface area contributed by atoms with Gasteiger partial charge in [-0.2, -0.15) is 0 Å². The maximum atomic E-state index is 11.9. The first kappa shape index (κ1) is 12.1. The lowest BCUT2D eigenvalue weighted by atomic mass is 9.97. The van der Waals surface area contributed by atoms with Crippen molar-refractivity contribution in [3.05, 3.63) is 21.7 Å². The van der Waals surface area contributed by atoms with E-state index in [9.17, 15) is 4.79 Å². The number of ether oxygens (including phenoxy) is 2. The molecule has 1 aromatic rings. The number of nitrogens with zero attached hydrogens (tertiary/aromatic N) is 1. The largest absolute Gasteiger partial charge is 0.383 e. The molecular weight excluding hydrogens is 222 g/mol. The van der Waals surface area contributed by atoms with Gasteiger partial charge in [-0.15, -0.1) is 0 Å². The highest BCUT2D eigenvalue weighted by molar-refractivity contribution is 5.40. The van der Waals surface area contributed by atoms with Crippen LogP contribution in [0.15, 0.2) is 4.79 Å². The number of hydrogen-bond acceptors (Lipinski definition) is 5. The molecule has 1 aliphatic rings. The van der Waals surface area contributed by atoms with E-state index in [1.807, 2.05) is 6.92 Å². The number of aromatic amines is 1. The molecule has 0 radical (unpaired) electrons. The summed E-state index contributed by atoms with van der Waals surface area (Å²) in [5, 5.41) is 0. The molecule has 1 unspecified atom stereocenters. The zero-order chi connectivity index (χ0) is 12.4. The Bertz CT molecular complexity index is 452. The van der Waals surface area contributed by atoms with Gasteiger partial charge >= 0.3 is 0 Å². The summed E-state index contributed by atoms with van der Waals surface area (Å²) < 4.78 is 10.9. The van der Waals surface area contributed by atoms with E-state index >= 15 is 0 Å². The van der Waals surface area contributed by atoms with Crippen LogP contribution in [0.2, 0.25) is 0 Å². The van der Waals surface area contributed by atoms with E-state index in [0.717, 1.165) is 0 Å². The van der Waals surface area contributed by atoms with Gasteiger partial charge in [-0.3, -0.25) is 4.79 Å². The average molecular weight is 239 g/mol. The van der Waals surface area contributed by atoms with Crippen LogP contribution < -0.4 is 11.3 Å². The SMILES string of the molecule is CCC(c1c(N)nc(C)[nH]c1=O)C1OCCO1. The molecule has 0 aromatic carbocycles. The number of H-pyrrole nitrogens is 1. The Kier molecular flexibility index (Phi) is 3.44. The van der Waals surface area contributed by atoms with Gasteiger partial charge in [0.2, 0.25) is 0 Å². The number of nitrogen functional groups attached to an aromatic ring is 1. The smallest absolute Gasteiger partial charge is 0.256 e. The molecular formula is C11H17N3O3. The zero-order valence-electron chi connectivity index (χ0n) is 10.0. The first-order valence-corrected chi connectivity index (χ1v) is 5.73. The van der Waals surface area contributed by atoms with Gasteiger partial charge in [-0.1, -0.05) is 6.92 Å². The van der Waals surface area contributed by atoms with Crippen LogP contribution in [-0.2, 0) is 9.47 Å². The van der Waals surface area contributed by atoms with Crippen LogP contribution in [0.25, 0.3) is 0 Å². The second-order valence-electron chi connectivity index (χ2n) is 4.07. The molecule has 0 spiro atoms. The molecule has 0 aliphatic carbocycles. The fourth-order valence-corrected chi connectivity index (χ4v) is 2.12. The Morgan fingerprint density at radius 1 is 1.53 bits per heavy atom. The molecule has 2 heterocycles. The molecule has 0 saturated carbocycles. The van der Waals surface area contributed by atoms with Crippen LogP contribution >= 0.6 is 0 Å². The summed E-state index contributed by atoms with van der Waals surface area (Å²) in [6, 6.07) is 0. The zero-order valence-corrected chi connectivity index (χ0v) is 10.0. The summed E-state index contributed by atoms with van der Waals surface area (Å²) in [7, 11) is 0. The Morgan fingerprint density at radius 3 is 2.71 bits per heavy atom. The molecule has 1 saturated heterocycles. The lowest BCUT2D eigenvalue weighted by Crippen LogP contribution is -2.28. The average Bonchev–Trinajstić information content (AvgIpc) is 2.76. The van der Waals surface area contributed by atoms with Gasteiger partial charge in [0.1, 0.15) is 11.6 Å². The summed E-state index contributed by atoms with van der Waals surface area (Å²) in [6.45, 7) is 4.77. The molecule has 1 aromatic heterocycles. The maximum Gasteiger partial charge on any atom is 0.256 e. The molecule has 6 heteroatoms. The monoisotopic (exact) mass is 239 g/mol. The second kappa shape index (κ2) is 4.85. The first-order chi connectivity index (χ1) is 8.13. The van der Waals surface area contributed by atoms with Gasteiger partial charge in [-0.25, -0.2) is 4.98 Å². The Morgan fingerprint density at radius 2 is 2.18 bits per heavy atom. The van der Waals surface area contributed by atoms with E-state index in [0.29, 0.717) is 31.0 Å². The van der Waals surface area contributed by atoms with Crippen molar-refractivity contribution >= 4 is 5.82 Å². The van der Waals surface area contributed by atoms with E-state index in [4.69, 9.17) is 15.2 Å². The molecule has 1 aliphatic heterocycles. The van der Waals surface area contributed by atoms with Crippen molar-refractivity contribution in [1.29, 1.82) is 0 Å². The standard InChI is InChI=1S/C11H17N3O3/c1-3-7(11-16-4-5-17-11)8-9(12)13-6(2)14-10(8)15/h7,11H,3-5H2,1-2H3,(H3,12,13,14,15). The summed E-state index contributed by atoms with van der Waals surface area (Å²) in [6.07, 6.45) is 0.316. The number of nitrogens with two attached hydrogens (primary N) is 1. The number of hydrogen-bond donors (Lipinski definition) is 2. The quantitative estimate of drug-likeness (QED) is 0.802. The molecule has 94 valence electrons.